The molecular weight excluding hydrogens is 290 g/mol. The van der Waals surface area contributed by atoms with Crippen molar-refractivity contribution in [3.05, 3.63) is 33.2 Å². The lowest BCUT2D eigenvalue weighted by Crippen LogP contribution is -2.36. The highest BCUT2D eigenvalue weighted by Gasteiger charge is 2.16. The second-order valence-corrected chi connectivity index (χ2v) is 6.30. The van der Waals surface area contributed by atoms with Crippen LogP contribution in [0.15, 0.2) is 16.4 Å². The van der Waals surface area contributed by atoms with Gasteiger partial charge < -0.3 is 10.4 Å². The number of aromatic nitrogens is 2. The predicted molar refractivity (Wildman–Crippen MR) is 81.9 cm³/mol. The maximum atomic E-state index is 12.3. The molecule has 2 N–H and O–H groups in total. The molecule has 7 heteroatoms. The van der Waals surface area contributed by atoms with Gasteiger partial charge >= 0.3 is 0 Å². The van der Waals surface area contributed by atoms with Crippen molar-refractivity contribution in [3.63, 3.8) is 0 Å². The second-order valence-electron chi connectivity index (χ2n) is 5.47. The molecule has 2 rings (SSSR count). The van der Waals surface area contributed by atoms with Crippen molar-refractivity contribution in [1.29, 1.82) is 0 Å². The molecule has 1 amide bonds. The lowest BCUT2D eigenvalue weighted by molar-refractivity contribution is 0.0898. The Balaban J connectivity index is 2.15. The molecule has 0 fully saturated rings. The van der Waals surface area contributed by atoms with Gasteiger partial charge in [0.05, 0.1) is 6.10 Å². The Hall–Kier alpha value is -1.73. The molecule has 0 spiro atoms. The minimum absolute atomic E-state index is 0.00857. The average Bonchev–Trinajstić information content (AvgIpc) is 2.78. The van der Waals surface area contributed by atoms with E-state index in [1.807, 2.05) is 19.2 Å². The molecule has 0 aliphatic carbocycles. The van der Waals surface area contributed by atoms with Gasteiger partial charge in [-0.15, -0.1) is 11.3 Å². The molecule has 114 valence electrons. The maximum absolute atomic E-state index is 12.3. The molecule has 1 atom stereocenters. The fraction of sp³-hybridized carbons (Fsp3) is 0.500. The first kappa shape index (κ1) is 15.7. The third kappa shape index (κ3) is 3.48. The molecular formula is C14H19N3O3S. The molecule has 0 aromatic carbocycles. The molecule has 21 heavy (non-hydrogen) atoms. The van der Waals surface area contributed by atoms with Crippen molar-refractivity contribution in [2.45, 2.75) is 33.3 Å². The minimum atomic E-state index is -0.615. The number of rotatable bonds is 5. The molecule has 0 bridgehead atoms. The largest absolute Gasteiger partial charge is 0.391 e. The highest BCUT2D eigenvalue weighted by Crippen LogP contribution is 2.11. The molecule has 1 unspecified atom stereocenters. The number of nitrogens with zero attached hydrogens (tertiary/aromatic N) is 2. The Kier molecular flexibility index (Phi) is 4.74. The summed E-state index contributed by atoms with van der Waals surface area (Å²) in [6.45, 7) is 5.91. The van der Waals surface area contributed by atoms with Gasteiger partial charge in [-0.2, -0.15) is 0 Å². The third-order valence-corrected chi connectivity index (χ3v) is 4.06. The van der Waals surface area contributed by atoms with Gasteiger partial charge in [0.2, 0.25) is 0 Å². The van der Waals surface area contributed by atoms with Crippen LogP contribution in [0.2, 0.25) is 0 Å². The lowest BCUT2D eigenvalue weighted by atomic mass is 10.1. The SMILES string of the molecule is Cc1csc2ncc(C(=O)NCC(O)CC(C)C)c(=O)n12. The van der Waals surface area contributed by atoms with Gasteiger partial charge in [0, 0.05) is 23.8 Å². The van der Waals surface area contributed by atoms with E-state index in [9.17, 15) is 14.7 Å². The monoisotopic (exact) mass is 309 g/mol. The van der Waals surface area contributed by atoms with Crippen molar-refractivity contribution in [2.24, 2.45) is 5.92 Å². The van der Waals surface area contributed by atoms with Crippen LogP contribution in [0, 0.1) is 12.8 Å². The summed E-state index contributed by atoms with van der Waals surface area (Å²) in [7, 11) is 0. The van der Waals surface area contributed by atoms with Crippen LogP contribution >= 0.6 is 11.3 Å². The molecule has 0 aliphatic heterocycles. The molecule has 2 aromatic rings. The number of thiazole rings is 1. The van der Waals surface area contributed by atoms with Gasteiger partial charge in [-0.1, -0.05) is 13.8 Å². The summed E-state index contributed by atoms with van der Waals surface area (Å²) in [5.41, 5.74) is 0.363. The standard InChI is InChI=1S/C14H19N3O3S/c1-8(2)4-10(18)5-15-12(19)11-6-16-14-17(13(11)20)9(3)7-21-14/h6-8,10,18H,4-5H2,1-3H3,(H,15,19). The Morgan fingerprint density at radius 2 is 2.24 bits per heavy atom. The fourth-order valence-corrected chi connectivity index (χ4v) is 2.94. The fourth-order valence-electron chi connectivity index (χ4n) is 2.11. The Labute approximate surface area is 126 Å². The summed E-state index contributed by atoms with van der Waals surface area (Å²) in [5.74, 6) is -0.163. The minimum Gasteiger partial charge on any atom is -0.391 e. The van der Waals surface area contributed by atoms with Crippen LogP contribution in [0.3, 0.4) is 0 Å². The number of hydrogen-bond acceptors (Lipinski definition) is 5. The van der Waals surface area contributed by atoms with E-state index < -0.39 is 12.0 Å². The van der Waals surface area contributed by atoms with Crippen LogP contribution in [0.4, 0.5) is 0 Å². The number of nitrogens with one attached hydrogen (secondary N) is 1. The highest BCUT2D eigenvalue weighted by molar-refractivity contribution is 7.15. The average molecular weight is 309 g/mol. The van der Waals surface area contributed by atoms with Crippen LogP contribution < -0.4 is 10.9 Å². The maximum Gasteiger partial charge on any atom is 0.271 e. The zero-order valence-corrected chi connectivity index (χ0v) is 13.1. The second kappa shape index (κ2) is 6.36. The van der Waals surface area contributed by atoms with E-state index in [1.54, 1.807) is 6.92 Å². The van der Waals surface area contributed by atoms with Gasteiger partial charge in [-0.25, -0.2) is 4.98 Å². The number of carbonyl (C=O) groups excluding carboxylic acids is 1. The topological polar surface area (TPSA) is 83.7 Å². The van der Waals surface area contributed by atoms with E-state index in [2.05, 4.69) is 10.3 Å². The third-order valence-electron chi connectivity index (χ3n) is 3.10. The van der Waals surface area contributed by atoms with Crippen molar-refractivity contribution < 1.29 is 9.90 Å². The van der Waals surface area contributed by atoms with Crippen LogP contribution in [-0.4, -0.2) is 33.0 Å². The van der Waals surface area contributed by atoms with E-state index >= 15 is 0 Å². The van der Waals surface area contributed by atoms with Crippen LogP contribution in [0.1, 0.15) is 36.3 Å². The van der Waals surface area contributed by atoms with Crippen LogP contribution in [0.5, 0.6) is 0 Å². The summed E-state index contributed by atoms with van der Waals surface area (Å²) < 4.78 is 1.42. The van der Waals surface area contributed by atoms with E-state index in [1.165, 1.54) is 21.9 Å². The summed E-state index contributed by atoms with van der Waals surface area (Å²) in [6.07, 6.45) is 1.27. The van der Waals surface area contributed by atoms with Gasteiger partial charge in [0.15, 0.2) is 4.96 Å². The van der Waals surface area contributed by atoms with Gasteiger partial charge in [0.25, 0.3) is 11.5 Å². The quantitative estimate of drug-likeness (QED) is 0.869. The first-order valence-corrected chi connectivity index (χ1v) is 7.70. The number of aryl methyl sites for hydroxylation is 1. The molecule has 0 aliphatic rings. The van der Waals surface area contributed by atoms with E-state index in [4.69, 9.17) is 0 Å². The number of amides is 1. The zero-order chi connectivity index (χ0) is 15.6. The summed E-state index contributed by atoms with van der Waals surface area (Å²) in [5, 5.41) is 14.2. The predicted octanol–water partition coefficient (Wildman–Crippen LogP) is 1.20. The molecule has 2 heterocycles. The number of carbonyl (C=O) groups is 1. The normalized spacial score (nSPS) is 12.8. The molecule has 0 saturated heterocycles. The molecule has 2 aromatic heterocycles. The number of aliphatic hydroxyl groups is 1. The molecule has 0 saturated carbocycles. The van der Waals surface area contributed by atoms with Gasteiger partial charge in [-0.3, -0.25) is 14.0 Å². The van der Waals surface area contributed by atoms with E-state index in [0.29, 0.717) is 17.3 Å². The van der Waals surface area contributed by atoms with Gasteiger partial charge in [-0.05, 0) is 19.3 Å². The summed E-state index contributed by atoms with van der Waals surface area (Å²) in [6, 6.07) is 0. The Bertz CT molecular complexity index is 705. The smallest absolute Gasteiger partial charge is 0.271 e. The zero-order valence-electron chi connectivity index (χ0n) is 12.3. The Morgan fingerprint density at radius 1 is 1.52 bits per heavy atom. The molecule has 0 radical (unpaired) electrons. The van der Waals surface area contributed by atoms with Crippen molar-refractivity contribution in [2.75, 3.05) is 6.54 Å². The first-order valence-electron chi connectivity index (χ1n) is 6.82. The lowest BCUT2D eigenvalue weighted by Gasteiger charge is -2.13. The number of aliphatic hydroxyl groups excluding tert-OH is 1. The van der Waals surface area contributed by atoms with Crippen molar-refractivity contribution in [1.82, 2.24) is 14.7 Å². The number of fused-ring (bicyclic) bond motifs is 1. The van der Waals surface area contributed by atoms with Crippen molar-refractivity contribution >= 4 is 22.2 Å². The van der Waals surface area contributed by atoms with Crippen LogP contribution in [-0.2, 0) is 0 Å². The highest BCUT2D eigenvalue weighted by atomic mass is 32.1. The van der Waals surface area contributed by atoms with Crippen LogP contribution in [0.25, 0.3) is 4.96 Å². The van der Waals surface area contributed by atoms with E-state index in [0.717, 1.165) is 5.69 Å². The number of hydrogen-bond donors (Lipinski definition) is 2. The summed E-state index contributed by atoms with van der Waals surface area (Å²) in [4.78, 5) is 29.0. The Morgan fingerprint density at radius 3 is 2.90 bits per heavy atom. The summed E-state index contributed by atoms with van der Waals surface area (Å²) >= 11 is 1.35. The van der Waals surface area contributed by atoms with Crippen molar-refractivity contribution in [3.8, 4) is 0 Å². The van der Waals surface area contributed by atoms with E-state index in [-0.39, 0.29) is 17.7 Å². The van der Waals surface area contributed by atoms with Gasteiger partial charge in [0.1, 0.15) is 5.56 Å². The first-order chi connectivity index (χ1) is 9.90. The molecule has 6 nitrogen and oxygen atoms in total.